The minimum Gasteiger partial charge on any atom is -0.490 e. The summed E-state index contributed by atoms with van der Waals surface area (Å²) in [5, 5.41) is 11.7. The van der Waals surface area contributed by atoms with Gasteiger partial charge in [0.15, 0.2) is 18.1 Å². The van der Waals surface area contributed by atoms with E-state index in [1.165, 1.54) is 18.2 Å². The van der Waals surface area contributed by atoms with Crippen molar-refractivity contribution in [2.75, 3.05) is 13.2 Å². The second-order valence-corrected chi connectivity index (χ2v) is 5.49. The van der Waals surface area contributed by atoms with E-state index in [0.717, 1.165) is 0 Å². The van der Waals surface area contributed by atoms with Crippen LogP contribution in [0.5, 0.6) is 11.5 Å². The molecule has 6 heteroatoms. The lowest BCUT2D eigenvalue weighted by atomic mass is 10.1. The van der Waals surface area contributed by atoms with E-state index in [0.29, 0.717) is 18.1 Å². The molecule has 0 spiro atoms. The number of carboxylic acid groups (broad SMARTS) is 1. The van der Waals surface area contributed by atoms with Gasteiger partial charge in [0.05, 0.1) is 12.2 Å². The van der Waals surface area contributed by atoms with Gasteiger partial charge in [0, 0.05) is 5.54 Å². The molecule has 1 aromatic rings. The zero-order valence-corrected chi connectivity index (χ0v) is 12.7. The van der Waals surface area contributed by atoms with Crippen molar-refractivity contribution in [1.29, 1.82) is 0 Å². The van der Waals surface area contributed by atoms with Crippen LogP contribution in [0.3, 0.4) is 0 Å². The van der Waals surface area contributed by atoms with Crippen molar-refractivity contribution in [2.24, 2.45) is 0 Å². The summed E-state index contributed by atoms with van der Waals surface area (Å²) in [6.07, 6.45) is 0. The van der Waals surface area contributed by atoms with Gasteiger partial charge in [0.2, 0.25) is 0 Å². The molecule has 1 rings (SSSR count). The molecule has 0 saturated heterocycles. The number of benzene rings is 1. The van der Waals surface area contributed by atoms with Crippen LogP contribution in [-0.4, -0.2) is 35.7 Å². The number of nitrogens with one attached hydrogen (secondary N) is 1. The van der Waals surface area contributed by atoms with E-state index < -0.39 is 5.97 Å². The van der Waals surface area contributed by atoms with E-state index in [1.807, 2.05) is 20.8 Å². The first-order valence-electron chi connectivity index (χ1n) is 6.67. The maximum atomic E-state index is 11.7. The van der Waals surface area contributed by atoms with Crippen LogP contribution < -0.4 is 14.8 Å². The first-order valence-corrected chi connectivity index (χ1v) is 6.67. The number of aromatic carboxylic acids is 1. The second kappa shape index (κ2) is 6.97. The van der Waals surface area contributed by atoms with Gasteiger partial charge in [-0.1, -0.05) is 0 Å². The van der Waals surface area contributed by atoms with Gasteiger partial charge < -0.3 is 19.9 Å². The van der Waals surface area contributed by atoms with Gasteiger partial charge in [0.1, 0.15) is 0 Å². The Hall–Kier alpha value is -2.24. The molecule has 0 bridgehead atoms. The summed E-state index contributed by atoms with van der Waals surface area (Å²) in [5.41, 5.74) is -0.235. The summed E-state index contributed by atoms with van der Waals surface area (Å²) in [6, 6.07) is 4.27. The molecular formula is C15H21NO5. The highest BCUT2D eigenvalue weighted by molar-refractivity contribution is 5.88. The SMILES string of the molecule is CCOc1cc(C(=O)O)ccc1OCC(=O)NC(C)(C)C. The van der Waals surface area contributed by atoms with Crippen LogP contribution in [0.2, 0.25) is 0 Å². The van der Waals surface area contributed by atoms with Crippen molar-refractivity contribution >= 4 is 11.9 Å². The summed E-state index contributed by atoms with van der Waals surface area (Å²) in [7, 11) is 0. The number of hydrogen-bond donors (Lipinski definition) is 2. The van der Waals surface area contributed by atoms with Crippen molar-refractivity contribution < 1.29 is 24.2 Å². The van der Waals surface area contributed by atoms with Crippen molar-refractivity contribution in [3.8, 4) is 11.5 Å². The van der Waals surface area contributed by atoms with Gasteiger partial charge >= 0.3 is 5.97 Å². The zero-order chi connectivity index (χ0) is 16.0. The third kappa shape index (κ3) is 5.72. The minimum atomic E-state index is -1.05. The Labute approximate surface area is 124 Å². The lowest BCUT2D eigenvalue weighted by Gasteiger charge is -2.20. The van der Waals surface area contributed by atoms with Crippen LogP contribution in [0.1, 0.15) is 38.1 Å². The molecule has 0 aliphatic carbocycles. The Morgan fingerprint density at radius 3 is 2.38 bits per heavy atom. The highest BCUT2D eigenvalue weighted by atomic mass is 16.5. The van der Waals surface area contributed by atoms with Crippen LogP contribution in [0.4, 0.5) is 0 Å². The van der Waals surface area contributed by atoms with E-state index in [4.69, 9.17) is 14.6 Å². The van der Waals surface area contributed by atoms with Gasteiger partial charge in [-0.15, -0.1) is 0 Å². The van der Waals surface area contributed by atoms with E-state index in [1.54, 1.807) is 6.92 Å². The molecule has 0 aromatic heterocycles. The lowest BCUT2D eigenvalue weighted by molar-refractivity contribution is -0.124. The van der Waals surface area contributed by atoms with Gasteiger partial charge in [-0.05, 0) is 45.9 Å². The number of carbonyl (C=O) groups is 2. The molecule has 0 unspecified atom stereocenters. The summed E-state index contributed by atoms with van der Waals surface area (Å²) < 4.78 is 10.7. The fourth-order valence-corrected chi connectivity index (χ4v) is 1.63. The molecule has 0 aliphatic heterocycles. The Balaban J connectivity index is 2.78. The number of carboxylic acids is 1. The van der Waals surface area contributed by atoms with Gasteiger partial charge in [-0.3, -0.25) is 4.79 Å². The molecule has 6 nitrogen and oxygen atoms in total. The predicted molar refractivity (Wildman–Crippen MR) is 78.0 cm³/mol. The van der Waals surface area contributed by atoms with Crippen molar-refractivity contribution in [3.63, 3.8) is 0 Å². The van der Waals surface area contributed by atoms with Crippen LogP contribution >= 0.6 is 0 Å². The predicted octanol–water partition coefficient (Wildman–Crippen LogP) is 2.08. The molecule has 0 aliphatic rings. The molecular weight excluding hydrogens is 274 g/mol. The molecule has 21 heavy (non-hydrogen) atoms. The van der Waals surface area contributed by atoms with Crippen LogP contribution in [0.25, 0.3) is 0 Å². The smallest absolute Gasteiger partial charge is 0.335 e. The average molecular weight is 295 g/mol. The Morgan fingerprint density at radius 1 is 1.19 bits per heavy atom. The van der Waals surface area contributed by atoms with Crippen LogP contribution in [-0.2, 0) is 4.79 Å². The summed E-state index contributed by atoms with van der Waals surface area (Å²) in [6.45, 7) is 7.61. The Kier molecular flexibility index (Phi) is 5.58. The highest BCUT2D eigenvalue weighted by Crippen LogP contribution is 2.28. The fraction of sp³-hybridized carbons (Fsp3) is 0.467. The van der Waals surface area contributed by atoms with E-state index in [-0.39, 0.29) is 23.6 Å². The number of hydrogen-bond acceptors (Lipinski definition) is 4. The monoisotopic (exact) mass is 295 g/mol. The molecule has 0 atom stereocenters. The summed E-state index contributed by atoms with van der Waals surface area (Å²) >= 11 is 0. The maximum Gasteiger partial charge on any atom is 0.335 e. The highest BCUT2D eigenvalue weighted by Gasteiger charge is 2.16. The maximum absolute atomic E-state index is 11.7. The van der Waals surface area contributed by atoms with Crippen molar-refractivity contribution in [3.05, 3.63) is 23.8 Å². The Bertz CT molecular complexity index is 519. The van der Waals surface area contributed by atoms with Gasteiger partial charge in [-0.25, -0.2) is 4.79 Å². The third-order valence-corrected chi connectivity index (χ3v) is 2.36. The fourth-order valence-electron chi connectivity index (χ4n) is 1.63. The molecule has 1 amide bonds. The Morgan fingerprint density at radius 2 is 1.86 bits per heavy atom. The first-order chi connectivity index (χ1) is 9.73. The van der Waals surface area contributed by atoms with Gasteiger partial charge in [0.25, 0.3) is 5.91 Å². The largest absolute Gasteiger partial charge is 0.490 e. The van der Waals surface area contributed by atoms with Crippen LogP contribution in [0, 0.1) is 0 Å². The topological polar surface area (TPSA) is 84.9 Å². The van der Waals surface area contributed by atoms with Gasteiger partial charge in [-0.2, -0.15) is 0 Å². The number of rotatable bonds is 6. The van der Waals surface area contributed by atoms with Crippen molar-refractivity contribution in [2.45, 2.75) is 33.2 Å². The number of amides is 1. The molecule has 1 aromatic carbocycles. The van der Waals surface area contributed by atoms with Crippen LogP contribution in [0.15, 0.2) is 18.2 Å². The quantitative estimate of drug-likeness (QED) is 0.839. The normalized spacial score (nSPS) is 10.9. The molecule has 2 N–H and O–H groups in total. The molecule has 0 radical (unpaired) electrons. The lowest BCUT2D eigenvalue weighted by Crippen LogP contribution is -2.43. The average Bonchev–Trinajstić information content (AvgIpc) is 2.35. The molecule has 0 fully saturated rings. The number of carbonyl (C=O) groups excluding carboxylic acids is 1. The zero-order valence-electron chi connectivity index (χ0n) is 12.7. The summed E-state index contributed by atoms with van der Waals surface area (Å²) in [4.78, 5) is 22.6. The first kappa shape index (κ1) is 16.8. The summed E-state index contributed by atoms with van der Waals surface area (Å²) in [5.74, 6) is -0.660. The molecule has 116 valence electrons. The third-order valence-electron chi connectivity index (χ3n) is 2.36. The minimum absolute atomic E-state index is 0.102. The van der Waals surface area contributed by atoms with Crippen molar-refractivity contribution in [1.82, 2.24) is 5.32 Å². The number of ether oxygens (including phenoxy) is 2. The molecule has 0 saturated carbocycles. The van der Waals surface area contributed by atoms with E-state index >= 15 is 0 Å². The molecule has 0 heterocycles. The van der Waals surface area contributed by atoms with E-state index in [9.17, 15) is 9.59 Å². The van der Waals surface area contributed by atoms with E-state index in [2.05, 4.69) is 5.32 Å². The standard InChI is InChI=1S/C15H21NO5/c1-5-20-12-8-10(14(18)19)6-7-11(12)21-9-13(17)16-15(2,3)4/h6-8H,5,9H2,1-4H3,(H,16,17)(H,18,19). The second-order valence-electron chi connectivity index (χ2n) is 5.49.